The molecule has 8 nitrogen and oxygen atoms in total. The molecule has 232 valence electrons. The first-order chi connectivity index (χ1) is 20.1. The number of carbonyl (C=O) groups is 2. The van der Waals surface area contributed by atoms with Crippen LogP contribution in [0.2, 0.25) is 5.02 Å². The van der Waals surface area contributed by atoms with E-state index < -0.39 is 30.0 Å². The Balaban J connectivity index is 2.02. The van der Waals surface area contributed by atoms with Gasteiger partial charge < -0.3 is 18.8 Å². The standard InChI is InChI=1S/C31H34ClF3N2O6/c1-6-25(38)23-9-7-19(16-36-23)13-26(39)24(11-12-43-30(2,3)4)37-17-28(41-5)22(15-29(37)40)21-14-20(32)8-10-27(21)42-18-31(33,34)35/h7-10,14-17,24H,6,11-13,18H2,1-5H3. The van der Waals surface area contributed by atoms with Crippen molar-refractivity contribution in [2.24, 2.45) is 0 Å². The van der Waals surface area contributed by atoms with Crippen molar-refractivity contribution in [3.05, 3.63) is 75.4 Å². The van der Waals surface area contributed by atoms with Gasteiger partial charge in [-0.1, -0.05) is 24.6 Å². The second kappa shape index (κ2) is 14.2. The summed E-state index contributed by atoms with van der Waals surface area (Å²) < 4.78 is 56.3. The van der Waals surface area contributed by atoms with E-state index in [2.05, 4.69) is 4.98 Å². The third-order valence-corrected chi connectivity index (χ3v) is 6.57. The fourth-order valence-electron chi connectivity index (χ4n) is 4.27. The van der Waals surface area contributed by atoms with Crippen LogP contribution in [0, 0.1) is 0 Å². The smallest absolute Gasteiger partial charge is 0.422 e. The van der Waals surface area contributed by atoms with Crippen LogP contribution in [-0.4, -0.2) is 53.2 Å². The number of hydrogen-bond donors (Lipinski definition) is 0. The largest absolute Gasteiger partial charge is 0.495 e. The van der Waals surface area contributed by atoms with Crippen molar-refractivity contribution in [2.45, 2.75) is 64.8 Å². The normalized spacial score (nSPS) is 12.6. The molecule has 0 N–H and O–H groups in total. The van der Waals surface area contributed by atoms with Crippen molar-refractivity contribution in [2.75, 3.05) is 20.3 Å². The predicted molar refractivity (Wildman–Crippen MR) is 156 cm³/mol. The van der Waals surface area contributed by atoms with E-state index in [9.17, 15) is 27.6 Å². The number of alkyl halides is 3. The van der Waals surface area contributed by atoms with Crippen molar-refractivity contribution in [1.82, 2.24) is 9.55 Å². The topological polar surface area (TPSA) is 96.7 Å². The van der Waals surface area contributed by atoms with Gasteiger partial charge in [-0.3, -0.25) is 19.4 Å². The van der Waals surface area contributed by atoms with Crippen molar-refractivity contribution < 1.29 is 37.0 Å². The van der Waals surface area contributed by atoms with Crippen LogP contribution < -0.4 is 15.0 Å². The van der Waals surface area contributed by atoms with Crippen LogP contribution in [0.3, 0.4) is 0 Å². The number of nitrogens with zero attached hydrogens (tertiary/aromatic N) is 2. The Bertz CT molecular complexity index is 1500. The number of pyridine rings is 2. The Morgan fingerprint density at radius 2 is 1.74 bits per heavy atom. The number of rotatable bonds is 13. The summed E-state index contributed by atoms with van der Waals surface area (Å²) in [5, 5.41) is 0.202. The lowest BCUT2D eigenvalue weighted by Gasteiger charge is -2.24. The van der Waals surface area contributed by atoms with E-state index in [0.29, 0.717) is 17.7 Å². The summed E-state index contributed by atoms with van der Waals surface area (Å²) >= 11 is 6.14. The Morgan fingerprint density at radius 3 is 2.33 bits per heavy atom. The van der Waals surface area contributed by atoms with Gasteiger partial charge in [-0.15, -0.1) is 0 Å². The molecule has 3 aromatic rings. The maximum absolute atomic E-state index is 13.6. The molecule has 0 aliphatic carbocycles. The Morgan fingerprint density at radius 1 is 1.05 bits per heavy atom. The molecule has 12 heteroatoms. The van der Waals surface area contributed by atoms with Gasteiger partial charge in [0, 0.05) is 47.9 Å². The first kappa shape index (κ1) is 33.8. The molecule has 0 radical (unpaired) electrons. The summed E-state index contributed by atoms with van der Waals surface area (Å²) in [6.07, 6.45) is -1.42. The van der Waals surface area contributed by atoms with Gasteiger partial charge in [-0.2, -0.15) is 13.2 Å². The maximum Gasteiger partial charge on any atom is 0.422 e. The molecule has 0 aliphatic heterocycles. The number of ketones is 2. The second-order valence-electron chi connectivity index (χ2n) is 10.8. The van der Waals surface area contributed by atoms with Crippen LogP contribution in [0.4, 0.5) is 13.2 Å². The molecule has 43 heavy (non-hydrogen) atoms. The van der Waals surface area contributed by atoms with Gasteiger partial charge in [0.05, 0.1) is 24.9 Å². The quantitative estimate of drug-likeness (QED) is 0.197. The van der Waals surface area contributed by atoms with E-state index in [1.165, 1.54) is 48.3 Å². The average Bonchev–Trinajstić information content (AvgIpc) is 2.93. The van der Waals surface area contributed by atoms with E-state index in [0.717, 1.165) is 0 Å². The minimum Gasteiger partial charge on any atom is -0.495 e. The SMILES string of the molecule is CCC(=O)c1ccc(CC(=O)C(CCOC(C)(C)C)n2cc(OC)c(-c3cc(Cl)ccc3OCC(F)(F)F)cc2=O)cn1. The van der Waals surface area contributed by atoms with E-state index in [-0.39, 0.29) is 58.7 Å². The van der Waals surface area contributed by atoms with Crippen LogP contribution in [0.5, 0.6) is 11.5 Å². The first-order valence-electron chi connectivity index (χ1n) is 13.6. The fourth-order valence-corrected chi connectivity index (χ4v) is 4.44. The number of halogens is 4. The molecule has 0 amide bonds. The van der Waals surface area contributed by atoms with Crippen LogP contribution in [-0.2, 0) is 16.0 Å². The van der Waals surface area contributed by atoms with Crippen molar-refractivity contribution in [3.8, 4) is 22.6 Å². The average molecular weight is 623 g/mol. The van der Waals surface area contributed by atoms with Gasteiger partial charge in [0.15, 0.2) is 18.2 Å². The molecular weight excluding hydrogens is 589 g/mol. The summed E-state index contributed by atoms with van der Waals surface area (Å²) in [4.78, 5) is 43.2. The third-order valence-electron chi connectivity index (χ3n) is 6.33. The molecule has 0 fully saturated rings. The molecule has 3 rings (SSSR count). The molecule has 0 bridgehead atoms. The summed E-state index contributed by atoms with van der Waals surface area (Å²) in [6.45, 7) is 5.92. The summed E-state index contributed by atoms with van der Waals surface area (Å²) in [5.41, 5.74) is 0.0102. The summed E-state index contributed by atoms with van der Waals surface area (Å²) in [7, 11) is 1.33. The highest BCUT2D eigenvalue weighted by molar-refractivity contribution is 6.31. The number of benzene rings is 1. The number of hydrogen-bond acceptors (Lipinski definition) is 7. The highest BCUT2D eigenvalue weighted by Crippen LogP contribution is 2.38. The minimum absolute atomic E-state index is 0.0754. The van der Waals surface area contributed by atoms with Crippen LogP contribution in [0.25, 0.3) is 11.1 Å². The molecular formula is C31H34ClF3N2O6. The van der Waals surface area contributed by atoms with Crippen LogP contribution in [0.15, 0.2) is 53.6 Å². The van der Waals surface area contributed by atoms with Gasteiger partial charge in [-0.05, 0) is 57.0 Å². The van der Waals surface area contributed by atoms with E-state index in [1.54, 1.807) is 19.1 Å². The number of methoxy groups -OCH3 is 1. The molecule has 1 atom stereocenters. The fraction of sp³-hybridized carbons (Fsp3) is 0.419. The lowest BCUT2D eigenvalue weighted by atomic mass is 10.0. The number of ether oxygens (including phenoxy) is 3. The molecule has 2 heterocycles. The number of carbonyl (C=O) groups excluding carboxylic acids is 2. The highest BCUT2D eigenvalue weighted by atomic mass is 35.5. The van der Waals surface area contributed by atoms with Crippen LogP contribution in [0.1, 0.15) is 62.6 Å². The third kappa shape index (κ3) is 9.65. The van der Waals surface area contributed by atoms with E-state index in [1.807, 2.05) is 20.8 Å². The molecule has 1 aromatic carbocycles. The van der Waals surface area contributed by atoms with E-state index in [4.69, 9.17) is 25.8 Å². The predicted octanol–water partition coefficient (Wildman–Crippen LogP) is 6.66. The summed E-state index contributed by atoms with van der Waals surface area (Å²) in [6, 6.07) is 7.41. The Hall–Kier alpha value is -3.70. The van der Waals surface area contributed by atoms with Gasteiger partial charge in [0.25, 0.3) is 5.56 Å². The summed E-state index contributed by atoms with van der Waals surface area (Å²) in [5.74, 6) is -0.485. The van der Waals surface area contributed by atoms with Crippen molar-refractivity contribution in [3.63, 3.8) is 0 Å². The van der Waals surface area contributed by atoms with Gasteiger partial charge in [0.2, 0.25) is 0 Å². The minimum atomic E-state index is -4.59. The Labute approximate surface area is 252 Å². The van der Waals surface area contributed by atoms with Crippen molar-refractivity contribution >= 4 is 23.2 Å². The first-order valence-corrected chi connectivity index (χ1v) is 13.9. The Kier molecular flexibility index (Phi) is 11.1. The zero-order valence-corrected chi connectivity index (χ0v) is 25.3. The molecule has 0 spiro atoms. The number of Topliss-reactive ketones (excluding diaryl/α,β-unsaturated/α-hetero) is 2. The maximum atomic E-state index is 13.6. The van der Waals surface area contributed by atoms with Gasteiger partial charge in [0.1, 0.15) is 17.2 Å². The lowest BCUT2D eigenvalue weighted by Crippen LogP contribution is -2.32. The van der Waals surface area contributed by atoms with Crippen molar-refractivity contribution in [1.29, 1.82) is 0 Å². The molecule has 0 saturated carbocycles. The van der Waals surface area contributed by atoms with Gasteiger partial charge in [-0.25, -0.2) is 0 Å². The highest BCUT2D eigenvalue weighted by Gasteiger charge is 2.30. The molecule has 1 unspecified atom stereocenters. The second-order valence-corrected chi connectivity index (χ2v) is 11.2. The zero-order chi connectivity index (χ0) is 31.9. The monoisotopic (exact) mass is 622 g/mol. The lowest BCUT2D eigenvalue weighted by molar-refractivity contribution is -0.153. The molecule has 0 aliphatic rings. The van der Waals surface area contributed by atoms with Gasteiger partial charge >= 0.3 is 6.18 Å². The zero-order valence-electron chi connectivity index (χ0n) is 24.6. The van der Waals surface area contributed by atoms with Crippen LogP contribution >= 0.6 is 11.6 Å². The molecule has 0 saturated heterocycles. The van der Waals surface area contributed by atoms with E-state index >= 15 is 0 Å². The molecule has 2 aromatic heterocycles. The number of aromatic nitrogens is 2.